The van der Waals surface area contributed by atoms with Gasteiger partial charge in [0.2, 0.25) is 11.9 Å². The summed E-state index contributed by atoms with van der Waals surface area (Å²) in [6.45, 7) is 6.16. The lowest BCUT2D eigenvalue weighted by molar-refractivity contribution is -0.137. The molecule has 1 aromatic heterocycles. The van der Waals surface area contributed by atoms with Crippen molar-refractivity contribution in [3.8, 4) is 0 Å². The Hall–Kier alpha value is -2.47. The van der Waals surface area contributed by atoms with Crippen LogP contribution in [0, 0.1) is 5.92 Å². The van der Waals surface area contributed by atoms with Crippen LogP contribution in [0.5, 0.6) is 0 Å². The monoisotopic (exact) mass is 365 g/mol. The SMILES string of the molecule is O=C([C@H]1CCCN(c2ncccn2)C1)N1CCN(Cc2ccccc2)CC1. The molecule has 27 heavy (non-hydrogen) atoms. The van der Waals surface area contributed by atoms with Crippen molar-refractivity contribution in [2.24, 2.45) is 5.92 Å². The van der Waals surface area contributed by atoms with Gasteiger partial charge in [0.25, 0.3) is 0 Å². The van der Waals surface area contributed by atoms with Gasteiger partial charge < -0.3 is 9.80 Å². The standard InChI is InChI=1S/C21H27N5O/c27-20(19-8-4-11-26(17-19)21-22-9-5-10-23-21)25-14-12-24(13-15-25)16-18-6-2-1-3-7-18/h1-3,5-7,9-10,19H,4,8,11-17H2/t19-/m0/s1. The third-order valence-electron chi connectivity index (χ3n) is 5.54. The Labute approximate surface area is 160 Å². The second-order valence-electron chi connectivity index (χ2n) is 7.42. The Kier molecular flexibility index (Phi) is 5.63. The van der Waals surface area contributed by atoms with E-state index in [1.165, 1.54) is 5.56 Å². The minimum Gasteiger partial charge on any atom is -0.340 e. The molecule has 1 aromatic carbocycles. The highest BCUT2D eigenvalue weighted by atomic mass is 16.2. The quantitative estimate of drug-likeness (QED) is 0.830. The second kappa shape index (κ2) is 8.48. The molecule has 2 fully saturated rings. The molecule has 0 radical (unpaired) electrons. The third kappa shape index (κ3) is 4.45. The average molecular weight is 365 g/mol. The summed E-state index contributed by atoms with van der Waals surface area (Å²) in [4.78, 5) is 28.4. The molecule has 0 unspecified atom stereocenters. The lowest BCUT2D eigenvalue weighted by Crippen LogP contribution is -2.52. The normalized spacial score (nSPS) is 21.3. The van der Waals surface area contributed by atoms with Crippen molar-refractivity contribution < 1.29 is 4.79 Å². The molecule has 2 aliphatic heterocycles. The van der Waals surface area contributed by atoms with Crippen molar-refractivity contribution in [2.45, 2.75) is 19.4 Å². The number of aromatic nitrogens is 2. The number of piperidine rings is 1. The summed E-state index contributed by atoms with van der Waals surface area (Å²) in [5.74, 6) is 1.10. The minimum atomic E-state index is 0.0585. The molecule has 4 rings (SSSR count). The van der Waals surface area contributed by atoms with Gasteiger partial charge in [0.15, 0.2) is 0 Å². The molecule has 0 aliphatic carbocycles. The predicted octanol–water partition coefficient (Wildman–Crippen LogP) is 2.04. The lowest BCUT2D eigenvalue weighted by Gasteiger charge is -2.39. The van der Waals surface area contributed by atoms with Gasteiger partial charge >= 0.3 is 0 Å². The maximum atomic E-state index is 13.0. The molecule has 6 heteroatoms. The smallest absolute Gasteiger partial charge is 0.227 e. The van der Waals surface area contributed by atoms with Gasteiger partial charge in [-0.15, -0.1) is 0 Å². The molecule has 0 N–H and O–H groups in total. The first-order valence-corrected chi connectivity index (χ1v) is 9.86. The molecule has 142 valence electrons. The second-order valence-corrected chi connectivity index (χ2v) is 7.42. The van der Waals surface area contributed by atoms with Crippen LogP contribution in [0.3, 0.4) is 0 Å². The summed E-state index contributed by atoms with van der Waals surface area (Å²) in [5.41, 5.74) is 1.34. The Balaban J connectivity index is 1.30. The van der Waals surface area contributed by atoms with E-state index in [4.69, 9.17) is 0 Å². The molecule has 0 saturated carbocycles. The van der Waals surface area contributed by atoms with E-state index in [-0.39, 0.29) is 5.92 Å². The number of hydrogen-bond donors (Lipinski definition) is 0. The van der Waals surface area contributed by atoms with Crippen LogP contribution in [0.1, 0.15) is 18.4 Å². The summed E-state index contributed by atoms with van der Waals surface area (Å²) < 4.78 is 0. The molecule has 2 saturated heterocycles. The fourth-order valence-electron chi connectivity index (χ4n) is 4.04. The Morgan fingerprint density at radius 1 is 0.963 bits per heavy atom. The lowest BCUT2D eigenvalue weighted by atomic mass is 9.96. The summed E-state index contributed by atoms with van der Waals surface area (Å²) in [7, 11) is 0. The maximum absolute atomic E-state index is 13.0. The number of amides is 1. The number of hydrogen-bond acceptors (Lipinski definition) is 5. The van der Waals surface area contributed by atoms with E-state index < -0.39 is 0 Å². The molecular formula is C21H27N5O. The number of benzene rings is 1. The third-order valence-corrected chi connectivity index (χ3v) is 5.54. The van der Waals surface area contributed by atoms with Crippen molar-refractivity contribution in [3.63, 3.8) is 0 Å². The highest BCUT2D eigenvalue weighted by molar-refractivity contribution is 5.79. The molecular weight excluding hydrogens is 338 g/mol. The zero-order chi connectivity index (χ0) is 18.5. The van der Waals surface area contributed by atoms with Gasteiger partial charge in [0, 0.05) is 58.2 Å². The zero-order valence-corrected chi connectivity index (χ0v) is 15.7. The van der Waals surface area contributed by atoms with Crippen molar-refractivity contribution in [1.29, 1.82) is 0 Å². The van der Waals surface area contributed by atoms with Gasteiger partial charge in [0.1, 0.15) is 0 Å². The number of rotatable bonds is 4. The summed E-state index contributed by atoms with van der Waals surface area (Å²) in [5, 5.41) is 0. The van der Waals surface area contributed by atoms with E-state index in [1.807, 2.05) is 12.1 Å². The van der Waals surface area contributed by atoms with Gasteiger partial charge in [-0.25, -0.2) is 9.97 Å². The minimum absolute atomic E-state index is 0.0585. The van der Waals surface area contributed by atoms with Gasteiger partial charge in [-0.2, -0.15) is 0 Å². The van der Waals surface area contributed by atoms with E-state index in [0.717, 1.165) is 64.6 Å². The topological polar surface area (TPSA) is 52.6 Å². The Morgan fingerprint density at radius 2 is 1.70 bits per heavy atom. The fourth-order valence-corrected chi connectivity index (χ4v) is 4.04. The first kappa shape index (κ1) is 17.9. The van der Waals surface area contributed by atoms with E-state index in [1.54, 1.807) is 12.4 Å². The molecule has 3 heterocycles. The van der Waals surface area contributed by atoms with Crippen molar-refractivity contribution in [1.82, 2.24) is 19.8 Å². The molecule has 2 aromatic rings. The first-order chi connectivity index (χ1) is 13.3. The van der Waals surface area contributed by atoms with E-state index in [0.29, 0.717) is 5.91 Å². The van der Waals surface area contributed by atoms with Gasteiger partial charge in [-0.3, -0.25) is 9.69 Å². The van der Waals surface area contributed by atoms with Crippen molar-refractivity contribution in [2.75, 3.05) is 44.2 Å². The van der Waals surface area contributed by atoms with Gasteiger partial charge in [-0.1, -0.05) is 30.3 Å². The van der Waals surface area contributed by atoms with E-state index in [9.17, 15) is 4.79 Å². The fraction of sp³-hybridized carbons (Fsp3) is 0.476. The number of anilines is 1. The van der Waals surface area contributed by atoms with Crippen LogP contribution in [-0.4, -0.2) is 64.9 Å². The number of carbonyl (C=O) groups excluding carboxylic acids is 1. The van der Waals surface area contributed by atoms with Crippen molar-refractivity contribution in [3.05, 3.63) is 54.4 Å². The first-order valence-electron chi connectivity index (χ1n) is 9.86. The van der Waals surface area contributed by atoms with Crippen LogP contribution in [-0.2, 0) is 11.3 Å². The number of piperazine rings is 1. The summed E-state index contributed by atoms with van der Waals surface area (Å²) >= 11 is 0. The number of carbonyl (C=O) groups is 1. The van der Waals surface area contributed by atoms with Crippen LogP contribution in [0.25, 0.3) is 0 Å². The van der Waals surface area contributed by atoms with E-state index in [2.05, 4.69) is 48.9 Å². The highest BCUT2D eigenvalue weighted by Gasteiger charge is 2.31. The molecule has 6 nitrogen and oxygen atoms in total. The molecule has 1 atom stereocenters. The van der Waals surface area contributed by atoms with Gasteiger partial charge in [-0.05, 0) is 24.5 Å². The van der Waals surface area contributed by atoms with Gasteiger partial charge in [0.05, 0.1) is 5.92 Å². The summed E-state index contributed by atoms with van der Waals surface area (Å²) in [6, 6.07) is 12.4. The average Bonchev–Trinajstić information content (AvgIpc) is 2.75. The Morgan fingerprint density at radius 3 is 2.44 bits per heavy atom. The summed E-state index contributed by atoms with van der Waals surface area (Å²) in [6.07, 6.45) is 5.51. The van der Waals surface area contributed by atoms with Crippen LogP contribution in [0.4, 0.5) is 5.95 Å². The van der Waals surface area contributed by atoms with Crippen LogP contribution >= 0.6 is 0 Å². The van der Waals surface area contributed by atoms with Crippen molar-refractivity contribution >= 4 is 11.9 Å². The molecule has 2 aliphatic rings. The highest BCUT2D eigenvalue weighted by Crippen LogP contribution is 2.22. The van der Waals surface area contributed by atoms with E-state index >= 15 is 0 Å². The number of nitrogens with zero attached hydrogens (tertiary/aromatic N) is 5. The maximum Gasteiger partial charge on any atom is 0.227 e. The molecule has 0 bridgehead atoms. The molecule has 1 amide bonds. The zero-order valence-electron chi connectivity index (χ0n) is 15.7. The largest absolute Gasteiger partial charge is 0.340 e. The Bertz CT molecular complexity index is 731. The van der Waals surface area contributed by atoms with Crippen LogP contribution < -0.4 is 4.90 Å². The van der Waals surface area contributed by atoms with Crippen LogP contribution in [0.15, 0.2) is 48.8 Å². The van der Waals surface area contributed by atoms with Crippen LogP contribution in [0.2, 0.25) is 0 Å². The predicted molar refractivity (Wildman–Crippen MR) is 105 cm³/mol. The molecule has 0 spiro atoms.